The molecule has 1 rings (SSSR count). The second kappa shape index (κ2) is 5.54. The Morgan fingerprint density at radius 2 is 1.42 bits per heavy atom. The first kappa shape index (κ1) is 11.9. The van der Waals surface area contributed by atoms with Crippen molar-refractivity contribution >= 4 is 9.84 Å². The molecule has 0 aromatic heterocycles. The third kappa shape index (κ3) is 8.01. The number of nitrogens with one attached hydrogen (secondary N) is 1. The Bertz CT molecular complexity index is 182. The van der Waals surface area contributed by atoms with Gasteiger partial charge in [0.2, 0.25) is 0 Å². The molecule has 1 fully saturated rings. The first-order valence-corrected chi connectivity index (χ1v) is 6.17. The van der Waals surface area contributed by atoms with E-state index in [1.807, 2.05) is 0 Å². The van der Waals surface area contributed by atoms with Gasteiger partial charge in [-0.15, -0.1) is 0 Å². The van der Waals surface area contributed by atoms with Gasteiger partial charge in [0.05, 0.1) is 11.5 Å². The summed E-state index contributed by atoms with van der Waals surface area (Å²) in [6.07, 6.45) is 0. The van der Waals surface area contributed by atoms with E-state index in [0.29, 0.717) is 24.6 Å². The zero-order chi connectivity index (χ0) is 9.61. The van der Waals surface area contributed by atoms with Gasteiger partial charge in [0, 0.05) is 13.1 Å². The minimum atomic E-state index is -2.65. The first-order chi connectivity index (χ1) is 5.44. The van der Waals surface area contributed by atoms with Crippen LogP contribution in [0.2, 0.25) is 0 Å². The second-order valence-electron chi connectivity index (χ2n) is 3.63. The molecular weight excluding hydrogens is 174 g/mol. The van der Waals surface area contributed by atoms with Crippen molar-refractivity contribution in [2.45, 2.75) is 20.8 Å². The highest BCUT2D eigenvalue weighted by Crippen LogP contribution is 1.91. The van der Waals surface area contributed by atoms with Gasteiger partial charge in [-0.25, -0.2) is 8.42 Å². The highest BCUT2D eigenvalue weighted by Gasteiger charge is 2.13. The molecule has 74 valence electrons. The fourth-order valence-electron chi connectivity index (χ4n) is 0.682. The Labute approximate surface area is 75.5 Å². The predicted molar refractivity (Wildman–Crippen MR) is 52.0 cm³/mol. The Kier molecular flexibility index (Phi) is 5.50. The summed E-state index contributed by atoms with van der Waals surface area (Å²) in [5, 5.41) is 2.96. The lowest BCUT2D eigenvalue weighted by molar-refractivity contribution is 0.577. The van der Waals surface area contributed by atoms with Crippen molar-refractivity contribution in [1.29, 1.82) is 0 Å². The van der Waals surface area contributed by atoms with Crippen LogP contribution in [0.4, 0.5) is 0 Å². The van der Waals surface area contributed by atoms with Crippen LogP contribution in [-0.4, -0.2) is 33.0 Å². The maximum absolute atomic E-state index is 10.6. The zero-order valence-corrected chi connectivity index (χ0v) is 8.95. The monoisotopic (exact) mass is 193 g/mol. The smallest absolute Gasteiger partial charge is 0.152 e. The zero-order valence-electron chi connectivity index (χ0n) is 8.13. The van der Waals surface area contributed by atoms with Crippen molar-refractivity contribution in [3.8, 4) is 0 Å². The van der Waals surface area contributed by atoms with E-state index in [1.54, 1.807) is 0 Å². The average Bonchev–Trinajstić information content (AvgIpc) is 1.85. The maximum atomic E-state index is 10.6. The number of sulfone groups is 1. The molecule has 12 heavy (non-hydrogen) atoms. The minimum Gasteiger partial charge on any atom is -0.315 e. The summed E-state index contributed by atoms with van der Waals surface area (Å²) >= 11 is 0. The molecule has 0 bridgehead atoms. The molecule has 0 spiro atoms. The first-order valence-electron chi connectivity index (χ1n) is 4.35. The van der Waals surface area contributed by atoms with Crippen LogP contribution in [0.15, 0.2) is 0 Å². The molecule has 1 aliphatic rings. The molecule has 0 saturated carbocycles. The fraction of sp³-hybridized carbons (Fsp3) is 1.00. The van der Waals surface area contributed by atoms with Gasteiger partial charge < -0.3 is 5.32 Å². The number of hydrogen-bond donors (Lipinski definition) is 1. The lowest BCUT2D eigenvalue weighted by atomic mass is 10.3. The highest BCUT2D eigenvalue weighted by molar-refractivity contribution is 7.91. The van der Waals surface area contributed by atoms with Gasteiger partial charge in [0.1, 0.15) is 0 Å². The topological polar surface area (TPSA) is 46.2 Å². The quantitative estimate of drug-likeness (QED) is 0.615. The van der Waals surface area contributed by atoms with Gasteiger partial charge in [-0.05, 0) is 5.92 Å². The average molecular weight is 193 g/mol. The third-order valence-corrected chi connectivity index (χ3v) is 2.83. The molecular formula is C8H19NO2S. The van der Waals surface area contributed by atoms with Crippen LogP contribution in [-0.2, 0) is 9.84 Å². The van der Waals surface area contributed by atoms with Crippen LogP contribution in [0.5, 0.6) is 0 Å². The molecule has 0 radical (unpaired) electrons. The van der Waals surface area contributed by atoms with Crippen molar-refractivity contribution < 1.29 is 8.42 Å². The summed E-state index contributed by atoms with van der Waals surface area (Å²) in [4.78, 5) is 0. The van der Waals surface area contributed by atoms with Gasteiger partial charge >= 0.3 is 0 Å². The predicted octanol–water partition coefficient (Wildman–Crippen LogP) is 0.667. The van der Waals surface area contributed by atoms with Crippen molar-refractivity contribution in [3.63, 3.8) is 0 Å². The van der Waals surface area contributed by atoms with E-state index in [1.165, 1.54) is 0 Å². The molecule has 1 saturated heterocycles. The van der Waals surface area contributed by atoms with Crippen molar-refractivity contribution in [2.75, 3.05) is 24.6 Å². The molecule has 1 heterocycles. The van der Waals surface area contributed by atoms with E-state index in [0.717, 1.165) is 5.92 Å². The maximum Gasteiger partial charge on any atom is 0.152 e. The Balaban J connectivity index is 0.000000261. The molecule has 1 N–H and O–H groups in total. The van der Waals surface area contributed by atoms with Gasteiger partial charge in [-0.2, -0.15) is 0 Å². The van der Waals surface area contributed by atoms with E-state index in [2.05, 4.69) is 26.1 Å². The van der Waals surface area contributed by atoms with Gasteiger partial charge in [-0.1, -0.05) is 20.8 Å². The van der Waals surface area contributed by atoms with E-state index in [4.69, 9.17) is 0 Å². The molecule has 0 aliphatic carbocycles. The minimum absolute atomic E-state index is 0.312. The Morgan fingerprint density at radius 1 is 1.08 bits per heavy atom. The van der Waals surface area contributed by atoms with Crippen LogP contribution < -0.4 is 5.32 Å². The fourth-order valence-corrected chi connectivity index (χ4v) is 1.80. The molecule has 1 aliphatic heterocycles. The summed E-state index contributed by atoms with van der Waals surface area (Å²) in [5.41, 5.74) is 0. The van der Waals surface area contributed by atoms with Crippen LogP contribution >= 0.6 is 0 Å². The standard InChI is InChI=1S/C4H9NO2S.C4H10/c6-8(7)3-1-5-2-4-8;1-4(2)3/h5H,1-4H2;4H,1-3H3. The van der Waals surface area contributed by atoms with E-state index in [-0.39, 0.29) is 0 Å². The highest BCUT2D eigenvalue weighted by atomic mass is 32.2. The third-order valence-electron chi connectivity index (χ3n) is 1.18. The molecule has 4 heteroatoms. The van der Waals surface area contributed by atoms with Crippen LogP contribution in [0.25, 0.3) is 0 Å². The summed E-state index contributed by atoms with van der Waals surface area (Å²) in [7, 11) is -2.65. The largest absolute Gasteiger partial charge is 0.315 e. The molecule has 0 unspecified atom stereocenters. The van der Waals surface area contributed by atoms with E-state index < -0.39 is 9.84 Å². The molecule has 3 nitrogen and oxygen atoms in total. The molecule has 0 aromatic rings. The van der Waals surface area contributed by atoms with E-state index in [9.17, 15) is 8.42 Å². The second-order valence-corrected chi connectivity index (χ2v) is 5.94. The summed E-state index contributed by atoms with van der Waals surface area (Å²) in [6, 6.07) is 0. The summed E-state index contributed by atoms with van der Waals surface area (Å²) in [5.74, 6) is 1.46. The normalized spacial score (nSPS) is 21.3. The SMILES string of the molecule is CC(C)C.O=S1(=O)CCNCC1. The van der Waals surface area contributed by atoms with Crippen LogP contribution in [0.3, 0.4) is 0 Å². The van der Waals surface area contributed by atoms with Gasteiger partial charge in [0.25, 0.3) is 0 Å². The van der Waals surface area contributed by atoms with Gasteiger partial charge in [-0.3, -0.25) is 0 Å². The van der Waals surface area contributed by atoms with Crippen molar-refractivity contribution in [3.05, 3.63) is 0 Å². The Hall–Kier alpha value is -0.0900. The van der Waals surface area contributed by atoms with E-state index >= 15 is 0 Å². The lowest BCUT2D eigenvalue weighted by Gasteiger charge is -2.10. The van der Waals surface area contributed by atoms with Crippen molar-refractivity contribution in [1.82, 2.24) is 5.32 Å². The molecule has 0 aromatic carbocycles. The summed E-state index contributed by atoms with van der Waals surface area (Å²) < 4.78 is 21.2. The van der Waals surface area contributed by atoms with Crippen LogP contribution in [0.1, 0.15) is 20.8 Å². The van der Waals surface area contributed by atoms with Crippen LogP contribution in [0, 0.1) is 5.92 Å². The number of hydrogen-bond acceptors (Lipinski definition) is 3. The van der Waals surface area contributed by atoms with Crippen molar-refractivity contribution in [2.24, 2.45) is 5.92 Å². The summed E-state index contributed by atoms with van der Waals surface area (Å²) in [6.45, 7) is 7.75. The Morgan fingerprint density at radius 3 is 1.58 bits per heavy atom. The number of rotatable bonds is 0. The molecule has 0 atom stereocenters. The lowest BCUT2D eigenvalue weighted by Crippen LogP contribution is -2.35. The molecule has 0 amide bonds. The van der Waals surface area contributed by atoms with Gasteiger partial charge in [0.15, 0.2) is 9.84 Å².